The molecule has 2 aliphatic heterocycles. The lowest BCUT2D eigenvalue weighted by Gasteiger charge is -2.36. The first-order chi connectivity index (χ1) is 9.31. The molecule has 0 aliphatic carbocycles. The van der Waals surface area contributed by atoms with Crippen LogP contribution in [0.2, 0.25) is 0 Å². The third-order valence-electron chi connectivity index (χ3n) is 4.34. The Morgan fingerprint density at radius 1 is 1.20 bits per heavy atom. The van der Waals surface area contributed by atoms with Crippen LogP contribution in [0.25, 0.3) is 0 Å². The van der Waals surface area contributed by atoms with E-state index in [1.807, 2.05) is 0 Å². The predicted octanol–water partition coefficient (Wildman–Crippen LogP) is 2.22. The highest BCUT2D eigenvalue weighted by molar-refractivity contribution is 5.85. The van der Waals surface area contributed by atoms with Gasteiger partial charge in [0.25, 0.3) is 0 Å². The highest BCUT2D eigenvalue weighted by Crippen LogP contribution is 2.22. The van der Waals surface area contributed by atoms with Crippen molar-refractivity contribution in [3.8, 4) is 0 Å². The van der Waals surface area contributed by atoms with Crippen molar-refractivity contribution < 1.29 is 9.53 Å². The molecule has 0 saturated carbocycles. The number of halogens is 1. The molecule has 5 heteroatoms. The van der Waals surface area contributed by atoms with Crippen molar-refractivity contribution in [2.45, 2.75) is 51.5 Å². The number of ether oxygens (including phenoxy) is 1. The molecule has 0 spiro atoms. The number of carbonyl (C=O) groups excluding carboxylic acids is 1. The summed E-state index contributed by atoms with van der Waals surface area (Å²) < 4.78 is 5.37. The van der Waals surface area contributed by atoms with Gasteiger partial charge in [-0.25, -0.2) is 0 Å². The third-order valence-corrected chi connectivity index (χ3v) is 4.34. The molecule has 2 heterocycles. The minimum Gasteiger partial charge on any atom is -0.381 e. The molecule has 0 radical (unpaired) electrons. The van der Waals surface area contributed by atoms with Crippen LogP contribution < -0.4 is 5.32 Å². The lowest BCUT2D eigenvalue weighted by molar-refractivity contribution is -0.135. The van der Waals surface area contributed by atoms with Gasteiger partial charge in [0.05, 0.1) is 0 Å². The van der Waals surface area contributed by atoms with Crippen LogP contribution in [-0.4, -0.2) is 49.7 Å². The number of nitrogens with zero attached hydrogens (tertiary/aromatic N) is 1. The van der Waals surface area contributed by atoms with Crippen LogP contribution in [0.5, 0.6) is 0 Å². The molecule has 2 rings (SSSR count). The minimum absolute atomic E-state index is 0. The Morgan fingerprint density at radius 2 is 1.85 bits per heavy atom. The van der Waals surface area contributed by atoms with E-state index in [1.165, 1.54) is 0 Å². The summed E-state index contributed by atoms with van der Waals surface area (Å²) in [6, 6.07) is 0.466. The molecule has 2 aliphatic rings. The van der Waals surface area contributed by atoms with Crippen molar-refractivity contribution >= 4 is 18.3 Å². The fourth-order valence-electron chi connectivity index (χ4n) is 3.18. The third kappa shape index (κ3) is 5.23. The summed E-state index contributed by atoms with van der Waals surface area (Å²) in [5.74, 6) is 0.919. The van der Waals surface area contributed by atoms with Gasteiger partial charge in [-0.3, -0.25) is 4.79 Å². The van der Waals surface area contributed by atoms with Crippen molar-refractivity contribution in [1.82, 2.24) is 10.2 Å². The number of carbonyl (C=O) groups is 1. The van der Waals surface area contributed by atoms with Crippen LogP contribution in [0.4, 0.5) is 0 Å². The molecule has 4 nitrogen and oxygen atoms in total. The quantitative estimate of drug-likeness (QED) is 0.847. The Bertz CT molecular complexity index is 277. The smallest absolute Gasteiger partial charge is 0.223 e. The van der Waals surface area contributed by atoms with E-state index < -0.39 is 0 Å². The summed E-state index contributed by atoms with van der Waals surface area (Å²) in [5, 5.41) is 3.38. The first kappa shape index (κ1) is 17.7. The van der Waals surface area contributed by atoms with E-state index in [9.17, 15) is 4.79 Å². The van der Waals surface area contributed by atoms with Crippen LogP contribution in [0.3, 0.4) is 0 Å². The van der Waals surface area contributed by atoms with Crippen molar-refractivity contribution in [3.05, 3.63) is 0 Å². The molecule has 0 aromatic heterocycles. The van der Waals surface area contributed by atoms with Gasteiger partial charge >= 0.3 is 0 Å². The van der Waals surface area contributed by atoms with E-state index >= 15 is 0 Å². The van der Waals surface area contributed by atoms with Gasteiger partial charge in [-0.2, -0.15) is 0 Å². The second kappa shape index (κ2) is 9.59. The van der Waals surface area contributed by atoms with Gasteiger partial charge in [0.2, 0.25) is 5.91 Å². The lowest BCUT2D eigenvalue weighted by Crippen LogP contribution is -2.47. The van der Waals surface area contributed by atoms with Crippen LogP contribution in [0, 0.1) is 5.92 Å². The molecule has 20 heavy (non-hydrogen) atoms. The fraction of sp³-hybridized carbons (Fsp3) is 0.933. The molecule has 0 unspecified atom stereocenters. The summed E-state index contributed by atoms with van der Waals surface area (Å²) in [7, 11) is 0. The monoisotopic (exact) mass is 304 g/mol. The van der Waals surface area contributed by atoms with E-state index in [-0.39, 0.29) is 12.4 Å². The second-order valence-electron chi connectivity index (χ2n) is 5.83. The molecular weight excluding hydrogens is 276 g/mol. The van der Waals surface area contributed by atoms with Gasteiger partial charge in [0.15, 0.2) is 0 Å². The zero-order chi connectivity index (χ0) is 13.5. The zero-order valence-corrected chi connectivity index (χ0v) is 13.4. The van der Waals surface area contributed by atoms with Gasteiger partial charge in [0, 0.05) is 32.2 Å². The largest absolute Gasteiger partial charge is 0.381 e. The maximum absolute atomic E-state index is 12.6. The SMILES string of the molecule is CCCN(C(=O)CC1CCOCC1)C1CCNCC1.Cl. The number of hydrogen-bond acceptors (Lipinski definition) is 3. The normalized spacial score (nSPS) is 21.2. The van der Waals surface area contributed by atoms with Crippen molar-refractivity contribution in [2.24, 2.45) is 5.92 Å². The average Bonchev–Trinajstić information content (AvgIpc) is 2.46. The molecule has 0 bridgehead atoms. The van der Waals surface area contributed by atoms with E-state index in [2.05, 4.69) is 17.1 Å². The van der Waals surface area contributed by atoms with Crippen molar-refractivity contribution in [2.75, 3.05) is 32.8 Å². The van der Waals surface area contributed by atoms with Crippen LogP contribution in [-0.2, 0) is 9.53 Å². The zero-order valence-electron chi connectivity index (χ0n) is 12.6. The summed E-state index contributed by atoms with van der Waals surface area (Å²) in [5.41, 5.74) is 0. The highest BCUT2D eigenvalue weighted by Gasteiger charge is 2.27. The van der Waals surface area contributed by atoms with Gasteiger partial charge in [0.1, 0.15) is 0 Å². The van der Waals surface area contributed by atoms with E-state index in [1.54, 1.807) is 0 Å². The maximum Gasteiger partial charge on any atom is 0.223 e. The summed E-state index contributed by atoms with van der Waals surface area (Å²) in [6.45, 7) is 6.85. The topological polar surface area (TPSA) is 41.6 Å². The molecule has 0 aromatic carbocycles. The van der Waals surface area contributed by atoms with Crippen LogP contribution >= 0.6 is 12.4 Å². The van der Waals surface area contributed by atoms with Gasteiger partial charge in [-0.1, -0.05) is 6.92 Å². The first-order valence-electron chi connectivity index (χ1n) is 7.89. The molecule has 2 fully saturated rings. The Morgan fingerprint density at radius 3 is 2.45 bits per heavy atom. The second-order valence-corrected chi connectivity index (χ2v) is 5.83. The molecule has 1 amide bonds. The van der Waals surface area contributed by atoms with E-state index in [0.29, 0.717) is 17.9 Å². The number of nitrogens with one attached hydrogen (secondary N) is 1. The number of rotatable bonds is 5. The average molecular weight is 305 g/mol. The predicted molar refractivity (Wildman–Crippen MR) is 83.3 cm³/mol. The highest BCUT2D eigenvalue weighted by atomic mass is 35.5. The van der Waals surface area contributed by atoms with Crippen molar-refractivity contribution in [3.63, 3.8) is 0 Å². The van der Waals surface area contributed by atoms with Gasteiger partial charge < -0.3 is 15.0 Å². The summed E-state index contributed by atoms with van der Waals surface area (Å²) in [4.78, 5) is 14.7. The maximum atomic E-state index is 12.6. The number of amides is 1. The standard InChI is InChI=1S/C15H28N2O2.ClH/c1-2-9-17(14-3-7-16-8-4-14)15(18)12-13-5-10-19-11-6-13;/h13-14,16H,2-12H2,1H3;1H. The Kier molecular flexibility index (Phi) is 8.50. The van der Waals surface area contributed by atoms with Crippen LogP contribution in [0.1, 0.15) is 45.4 Å². The van der Waals surface area contributed by atoms with E-state index in [4.69, 9.17) is 4.74 Å². The lowest BCUT2D eigenvalue weighted by atomic mass is 9.95. The Hall–Kier alpha value is -0.320. The van der Waals surface area contributed by atoms with Gasteiger partial charge in [-0.05, 0) is 51.1 Å². The number of piperidine rings is 1. The molecule has 0 aromatic rings. The van der Waals surface area contributed by atoms with E-state index in [0.717, 1.165) is 71.4 Å². The van der Waals surface area contributed by atoms with Crippen LogP contribution in [0.15, 0.2) is 0 Å². The van der Waals surface area contributed by atoms with Crippen molar-refractivity contribution in [1.29, 1.82) is 0 Å². The summed E-state index contributed by atoms with van der Waals surface area (Å²) in [6.07, 6.45) is 6.12. The number of hydrogen-bond donors (Lipinski definition) is 1. The molecular formula is C15H29ClN2O2. The molecule has 118 valence electrons. The molecule has 1 N–H and O–H groups in total. The Labute approximate surface area is 129 Å². The molecule has 2 saturated heterocycles. The van der Waals surface area contributed by atoms with Gasteiger partial charge in [-0.15, -0.1) is 12.4 Å². The summed E-state index contributed by atoms with van der Waals surface area (Å²) >= 11 is 0. The first-order valence-corrected chi connectivity index (χ1v) is 7.89. The minimum atomic E-state index is 0. The fourth-order valence-corrected chi connectivity index (χ4v) is 3.18. The Balaban J connectivity index is 0.00000200. The molecule has 0 atom stereocenters.